The van der Waals surface area contributed by atoms with Crippen LogP contribution in [0.1, 0.15) is 50.2 Å². The maximum Gasteiger partial charge on any atom is 0.257 e. The van der Waals surface area contributed by atoms with Gasteiger partial charge in [-0.1, -0.05) is 20.8 Å². The zero-order valence-electron chi connectivity index (χ0n) is 13.9. The van der Waals surface area contributed by atoms with Crippen LogP contribution in [0.2, 0.25) is 0 Å². The Morgan fingerprint density at radius 2 is 2.19 bits per heavy atom. The summed E-state index contributed by atoms with van der Waals surface area (Å²) >= 11 is 0. The van der Waals surface area contributed by atoms with E-state index in [0.717, 1.165) is 37.4 Å². The highest BCUT2D eigenvalue weighted by molar-refractivity contribution is 5.99. The molecule has 0 aliphatic carbocycles. The Morgan fingerprint density at radius 3 is 2.76 bits per heavy atom. The fraction of sp³-hybridized carbons (Fsp3) is 0.647. The molecule has 1 aromatic rings. The van der Waals surface area contributed by atoms with Gasteiger partial charge in [-0.25, -0.2) is 0 Å². The van der Waals surface area contributed by atoms with E-state index in [1.807, 2.05) is 24.8 Å². The van der Waals surface area contributed by atoms with Gasteiger partial charge in [0.1, 0.15) is 0 Å². The topological polar surface area (TPSA) is 45.2 Å². The first-order chi connectivity index (χ1) is 9.82. The van der Waals surface area contributed by atoms with E-state index in [4.69, 9.17) is 0 Å². The molecule has 21 heavy (non-hydrogen) atoms. The van der Waals surface area contributed by atoms with E-state index in [9.17, 15) is 4.79 Å². The molecule has 0 aromatic carbocycles. The average molecular weight is 289 g/mol. The molecule has 1 N–H and O–H groups in total. The molecule has 1 saturated heterocycles. The smallest absolute Gasteiger partial charge is 0.257 e. The number of nitrogens with zero attached hydrogens (tertiary/aromatic N) is 2. The van der Waals surface area contributed by atoms with Crippen LogP contribution in [-0.4, -0.2) is 35.4 Å². The molecule has 4 heteroatoms. The van der Waals surface area contributed by atoms with Crippen LogP contribution in [0.3, 0.4) is 0 Å². The van der Waals surface area contributed by atoms with Gasteiger partial charge < -0.3 is 10.2 Å². The van der Waals surface area contributed by atoms with E-state index in [-0.39, 0.29) is 11.3 Å². The molecule has 4 nitrogen and oxygen atoms in total. The number of anilines is 1. The fourth-order valence-corrected chi connectivity index (χ4v) is 2.89. The lowest BCUT2D eigenvalue weighted by Gasteiger charge is -2.27. The number of pyridine rings is 1. The lowest BCUT2D eigenvalue weighted by Crippen LogP contribution is -2.31. The number of hydrogen-bond donors (Lipinski definition) is 1. The van der Waals surface area contributed by atoms with Crippen LogP contribution in [0.15, 0.2) is 12.3 Å². The van der Waals surface area contributed by atoms with Crippen molar-refractivity contribution in [2.45, 2.75) is 41.0 Å². The standard InChI is InChI=1S/C17H27N3O/c1-6-18-15-9-12(2)19-10-14(15)16(21)20-8-7-13(11-20)17(3,4)5/h9-10,13H,6-8,11H2,1-5H3,(H,18,19). The van der Waals surface area contributed by atoms with Crippen molar-refractivity contribution in [1.82, 2.24) is 9.88 Å². The predicted molar refractivity (Wildman–Crippen MR) is 86.6 cm³/mol. The van der Waals surface area contributed by atoms with Gasteiger partial charge in [0.25, 0.3) is 5.91 Å². The third-order valence-electron chi connectivity index (χ3n) is 4.34. The second-order valence-electron chi connectivity index (χ2n) is 7.00. The van der Waals surface area contributed by atoms with Crippen LogP contribution in [0, 0.1) is 18.3 Å². The van der Waals surface area contributed by atoms with E-state index >= 15 is 0 Å². The van der Waals surface area contributed by atoms with Gasteiger partial charge in [-0.2, -0.15) is 0 Å². The van der Waals surface area contributed by atoms with Crippen LogP contribution in [0.4, 0.5) is 5.69 Å². The van der Waals surface area contributed by atoms with Crippen molar-refractivity contribution >= 4 is 11.6 Å². The molecule has 0 saturated carbocycles. The minimum absolute atomic E-state index is 0.102. The number of likely N-dealkylation sites (tertiary alicyclic amines) is 1. The number of amides is 1. The van der Waals surface area contributed by atoms with Crippen molar-refractivity contribution in [3.8, 4) is 0 Å². The first-order valence-electron chi connectivity index (χ1n) is 7.82. The van der Waals surface area contributed by atoms with E-state index in [1.165, 1.54) is 0 Å². The molecule has 1 aromatic heterocycles. The lowest BCUT2D eigenvalue weighted by atomic mass is 9.80. The normalized spacial score (nSPS) is 18.9. The summed E-state index contributed by atoms with van der Waals surface area (Å²) in [5.74, 6) is 0.674. The highest BCUT2D eigenvalue weighted by Gasteiger charge is 2.34. The lowest BCUT2D eigenvalue weighted by molar-refractivity contribution is 0.0777. The SMILES string of the molecule is CCNc1cc(C)ncc1C(=O)N1CCC(C(C)(C)C)C1. The third kappa shape index (κ3) is 3.55. The highest BCUT2D eigenvalue weighted by Crippen LogP contribution is 2.34. The molecule has 1 amide bonds. The van der Waals surface area contributed by atoms with Crippen molar-refractivity contribution < 1.29 is 4.79 Å². The van der Waals surface area contributed by atoms with Gasteiger partial charge in [-0.05, 0) is 37.7 Å². The van der Waals surface area contributed by atoms with Crippen LogP contribution < -0.4 is 5.32 Å². The minimum Gasteiger partial charge on any atom is -0.385 e. The first-order valence-corrected chi connectivity index (χ1v) is 7.82. The van der Waals surface area contributed by atoms with Crippen LogP contribution in [0.5, 0.6) is 0 Å². The molecule has 1 fully saturated rings. The van der Waals surface area contributed by atoms with Gasteiger partial charge in [0.2, 0.25) is 0 Å². The van der Waals surface area contributed by atoms with Crippen molar-refractivity contribution in [2.24, 2.45) is 11.3 Å². The summed E-state index contributed by atoms with van der Waals surface area (Å²) in [6.45, 7) is 13.2. The van der Waals surface area contributed by atoms with Gasteiger partial charge in [-0.3, -0.25) is 9.78 Å². The number of aromatic nitrogens is 1. The summed E-state index contributed by atoms with van der Waals surface area (Å²) in [5.41, 5.74) is 2.77. The van der Waals surface area contributed by atoms with Gasteiger partial charge >= 0.3 is 0 Å². The number of hydrogen-bond acceptors (Lipinski definition) is 3. The van der Waals surface area contributed by atoms with E-state index < -0.39 is 0 Å². The molecular formula is C17H27N3O. The summed E-state index contributed by atoms with van der Waals surface area (Å²) < 4.78 is 0. The van der Waals surface area contributed by atoms with Gasteiger partial charge in [0, 0.05) is 31.5 Å². The van der Waals surface area contributed by atoms with Gasteiger partial charge in [0.15, 0.2) is 0 Å². The highest BCUT2D eigenvalue weighted by atomic mass is 16.2. The molecular weight excluding hydrogens is 262 g/mol. The average Bonchev–Trinajstić information content (AvgIpc) is 2.88. The Hall–Kier alpha value is -1.58. The molecule has 2 rings (SSSR count). The monoisotopic (exact) mass is 289 g/mol. The summed E-state index contributed by atoms with van der Waals surface area (Å²) in [4.78, 5) is 19.0. The van der Waals surface area contributed by atoms with E-state index in [2.05, 4.69) is 31.1 Å². The van der Waals surface area contributed by atoms with Gasteiger partial charge in [-0.15, -0.1) is 0 Å². The van der Waals surface area contributed by atoms with E-state index in [1.54, 1.807) is 6.20 Å². The fourth-order valence-electron chi connectivity index (χ4n) is 2.89. The number of aryl methyl sites for hydroxylation is 1. The van der Waals surface area contributed by atoms with Crippen molar-refractivity contribution in [2.75, 3.05) is 25.0 Å². The quantitative estimate of drug-likeness (QED) is 0.928. The summed E-state index contributed by atoms with van der Waals surface area (Å²) in [5, 5.41) is 3.28. The Bertz CT molecular complexity index is 519. The molecule has 0 spiro atoms. The third-order valence-corrected chi connectivity index (χ3v) is 4.34. The Labute approximate surface area is 127 Å². The second kappa shape index (κ2) is 6.04. The minimum atomic E-state index is 0.102. The van der Waals surface area contributed by atoms with Crippen LogP contribution in [0.25, 0.3) is 0 Å². The molecule has 1 unspecified atom stereocenters. The molecule has 2 heterocycles. The largest absolute Gasteiger partial charge is 0.385 e. The first kappa shape index (κ1) is 15.8. The zero-order valence-corrected chi connectivity index (χ0v) is 13.9. The Morgan fingerprint density at radius 1 is 1.48 bits per heavy atom. The number of nitrogens with one attached hydrogen (secondary N) is 1. The maximum atomic E-state index is 12.8. The summed E-state index contributed by atoms with van der Waals surface area (Å²) in [6.07, 6.45) is 2.80. The second-order valence-corrected chi connectivity index (χ2v) is 7.00. The van der Waals surface area contributed by atoms with Crippen LogP contribution >= 0.6 is 0 Å². The number of carbonyl (C=O) groups excluding carboxylic acids is 1. The molecule has 0 radical (unpaired) electrons. The molecule has 0 bridgehead atoms. The summed E-state index contributed by atoms with van der Waals surface area (Å²) in [6, 6.07) is 1.95. The van der Waals surface area contributed by atoms with Gasteiger partial charge in [0.05, 0.1) is 11.3 Å². The number of carbonyl (C=O) groups is 1. The molecule has 1 aliphatic heterocycles. The molecule has 1 aliphatic rings. The van der Waals surface area contributed by atoms with Crippen molar-refractivity contribution in [3.05, 3.63) is 23.5 Å². The predicted octanol–water partition coefficient (Wildman–Crippen LogP) is 3.33. The maximum absolute atomic E-state index is 12.8. The molecule has 1 atom stereocenters. The Balaban J connectivity index is 2.18. The number of rotatable bonds is 3. The Kier molecular flexibility index (Phi) is 4.55. The van der Waals surface area contributed by atoms with Crippen molar-refractivity contribution in [1.29, 1.82) is 0 Å². The van der Waals surface area contributed by atoms with Crippen molar-refractivity contribution in [3.63, 3.8) is 0 Å². The molecule has 116 valence electrons. The van der Waals surface area contributed by atoms with Crippen LogP contribution in [-0.2, 0) is 0 Å². The zero-order chi connectivity index (χ0) is 15.6. The van der Waals surface area contributed by atoms with E-state index in [0.29, 0.717) is 11.5 Å². The summed E-state index contributed by atoms with van der Waals surface area (Å²) in [7, 11) is 0.